The summed E-state index contributed by atoms with van der Waals surface area (Å²) >= 11 is 5.64. The van der Waals surface area contributed by atoms with Gasteiger partial charge in [-0.3, -0.25) is 4.72 Å². The molecule has 1 aromatic heterocycles. The summed E-state index contributed by atoms with van der Waals surface area (Å²) in [5, 5.41) is 0.0404. The molecule has 0 amide bonds. The van der Waals surface area contributed by atoms with E-state index in [1.807, 2.05) is 12.1 Å². The van der Waals surface area contributed by atoms with Gasteiger partial charge >= 0.3 is 0 Å². The van der Waals surface area contributed by atoms with E-state index in [2.05, 4.69) is 14.7 Å². The van der Waals surface area contributed by atoms with E-state index in [-0.39, 0.29) is 5.03 Å². The Balaban J connectivity index is 2.15. The highest BCUT2D eigenvalue weighted by atomic mass is 35.5. The van der Waals surface area contributed by atoms with Crippen LogP contribution >= 0.6 is 11.6 Å². The minimum absolute atomic E-state index is 0.0404. The minimum Gasteiger partial charge on any atom is -0.334 e. The fraction of sp³-hybridized carbons (Fsp3) is 0.250. The molecule has 1 heterocycles. The molecule has 0 aliphatic rings. The third kappa shape index (κ3) is 3.71. The van der Waals surface area contributed by atoms with Gasteiger partial charge < -0.3 is 4.98 Å². The van der Waals surface area contributed by atoms with Gasteiger partial charge in [0.1, 0.15) is 0 Å². The van der Waals surface area contributed by atoms with Crippen LogP contribution in [0.3, 0.4) is 0 Å². The van der Waals surface area contributed by atoms with Gasteiger partial charge in [0.2, 0.25) is 0 Å². The molecule has 0 aliphatic heterocycles. The molecule has 0 atom stereocenters. The Morgan fingerprint density at radius 1 is 1.37 bits per heavy atom. The highest BCUT2D eigenvalue weighted by molar-refractivity contribution is 7.92. The molecule has 0 bridgehead atoms. The van der Waals surface area contributed by atoms with Gasteiger partial charge in [-0.1, -0.05) is 12.1 Å². The molecule has 2 rings (SSSR count). The maximum Gasteiger partial charge on any atom is 0.278 e. The fourth-order valence-electron chi connectivity index (χ4n) is 1.66. The summed E-state index contributed by atoms with van der Waals surface area (Å²) in [7, 11) is -3.60. The SMILES string of the molecule is O=S(=O)(Nc1cccc(CCCCl)c1)c1cnc[nH]1. The van der Waals surface area contributed by atoms with Crippen LogP contribution in [0.1, 0.15) is 12.0 Å². The zero-order chi connectivity index (χ0) is 13.7. The van der Waals surface area contributed by atoms with Gasteiger partial charge in [0.05, 0.1) is 12.5 Å². The lowest BCUT2D eigenvalue weighted by Crippen LogP contribution is -2.13. The Labute approximate surface area is 117 Å². The average Bonchev–Trinajstić information content (AvgIpc) is 2.91. The number of nitrogens with zero attached hydrogens (tertiary/aromatic N) is 1. The summed E-state index contributed by atoms with van der Waals surface area (Å²) in [6.07, 6.45) is 4.27. The van der Waals surface area contributed by atoms with Crippen LogP contribution in [0.5, 0.6) is 0 Å². The lowest BCUT2D eigenvalue weighted by atomic mass is 10.1. The van der Waals surface area contributed by atoms with E-state index < -0.39 is 10.0 Å². The number of hydrogen-bond donors (Lipinski definition) is 2. The molecule has 5 nitrogen and oxygen atoms in total. The highest BCUT2D eigenvalue weighted by Crippen LogP contribution is 2.16. The first-order chi connectivity index (χ1) is 9.12. The number of alkyl halides is 1. The monoisotopic (exact) mass is 299 g/mol. The quantitative estimate of drug-likeness (QED) is 0.804. The van der Waals surface area contributed by atoms with Gasteiger partial charge in [-0.05, 0) is 30.5 Å². The zero-order valence-corrected chi connectivity index (χ0v) is 11.7. The topological polar surface area (TPSA) is 74.8 Å². The average molecular weight is 300 g/mol. The molecule has 0 unspecified atom stereocenters. The van der Waals surface area contributed by atoms with Crippen LogP contribution in [0.15, 0.2) is 41.8 Å². The van der Waals surface area contributed by atoms with Gasteiger partial charge in [0, 0.05) is 11.6 Å². The molecule has 19 heavy (non-hydrogen) atoms. The van der Waals surface area contributed by atoms with Crippen molar-refractivity contribution in [3.05, 3.63) is 42.4 Å². The number of sulfonamides is 1. The molecule has 102 valence electrons. The smallest absolute Gasteiger partial charge is 0.278 e. The van der Waals surface area contributed by atoms with Crippen molar-refractivity contribution in [2.24, 2.45) is 0 Å². The minimum atomic E-state index is -3.60. The fourth-order valence-corrected chi connectivity index (χ4v) is 2.75. The number of hydrogen-bond acceptors (Lipinski definition) is 3. The van der Waals surface area contributed by atoms with Crippen LogP contribution in [0.2, 0.25) is 0 Å². The van der Waals surface area contributed by atoms with Crippen LogP contribution in [-0.2, 0) is 16.4 Å². The van der Waals surface area contributed by atoms with Crippen LogP contribution < -0.4 is 4.72 Å². The van der Waals surface area contributed by atoms with E-state index in [1.165, 1.54) is 12.5 Å². The summed E-state index contributed by atoms with van der Waals surface area (Å²) < 4.78 is 26.5. The van der Waals surface area contributed by atoms with Gasteiger partial charge in [-0.25, -0.2) is 4.98 Å². The molecular formula is C12H14ClN3O2S. The number of nitrogens with one attached hydrogen (secondary N) is 2. The summed E-state index contributed by atoms with van der Waals surface area (Å²) in [5.74, 6) is 0.587. The van der Waals surface area contributed by atoms with E-state index in [0.717, 1.165) is 18.4 Å². The van der Waals surface area contributed by atoms with Crippen molar-refractivity contribution in [3.8, 4) is 0 Å². The van der Waals surface area contributed by atoms with Crippen molar-refractivity contribution in [3.63, 3.8) is 0 Å². The van der Waals surface area contributed by atoms with Crippen LogP contribution in [0, 0.1) is 0 Å². The van der Waals surface area contributed by atoms with Crippen LogP contribution in [-0.4, -0.2) is 24.3 Å². The normalized spacial score (nSPS) is 11.4. The molecule has 0 saturated carbocycles. The van der Waals surface area contributed by atoms with Crippen molar-refractivity contribution in [1.82, 2.24) is 9.97 Å². The largest absolute Gasteiger partial charge is 0.334 e. The van der Waals surface area contributed by atoms with E-state index in [0.29, 0.717) is 11.6 Å². The molecule has 0 radical (unpaired) electrons. The van der Waals surface area contributed by atoms with E-state index in [1.54, 1.807) is 12.1 Å². The molecule has 0 fully saturated rings. The Morgan fingerprint density at radius 3 is 2.89 bits per heavy atom. The zero-order valence-electron chi connectivity index (χ0n) is 10.1. The number of imidazole rings is 1. The first kappa shape index (κ1) is 13.9. The Kier molecular flexibility index (Phi) is 4.44. The Hall–Kier alpha value is -1.53. The molecule has 0 saturated heterocycles. The predicted molar refractivity (Wildman–Crippen MR) is 74.9 cm³/mol. The molecule has 2 aromatic rings. The lowest BCUT2D eigenvalue weighted by molar-refractivity contribution is 0.598. The van der Waals surface area contributed by atoms with E-state index in [4.69, 9.17) is 11.6 Å². The van der Waals surface area contributed by atoms with Crippen molar-refractivity contribution in [1.29, 1.82) is 0 Å². The van der Waals surface area contributed by atoms with Gasteiger partial charge in [0.25, 0.3) is 10.0 Å². The third-order valence-electron chi connectivity index (χ3n) is 2.54. The van der Waals surface area contributed by atoms with E-state index in [9.17, 15) is 8.42 Å². The van der Waals surface area contributed by atoms with Gasteiger partial charge in [0.15, 0.2) is 5.03 Å². The molecule has 2 N–H and O–H groups in total. The van der Waals surface area contributed by atoms with Crippen molar-refractivity contribution >= 4 is 27.3 Å². The predicted octanol–water partition coefficient (Wildman–Crippen LogP) is 2.38. The second kappa shape index (κ2) is 6.08. The standard InChI is InChI=1S/C12H14ClN3O2S/c13-6-2-4-10-3-1-5-11(7-10)16-19(17,18)12-8-14-9-15-12/h1,3,5,7-9,16H,2,4,6H2,(H,14,15). The van der Waals surface area contributed by atoms with Crippen LogP contribution in [0.25, 0.3) is 0 Å². The number of aromatic nitrogens is 2. The number of benzene rings is 1. The summed E-state index contributed by atoms with van der Waals surface area (Å²) in [6, 6.07) is 7.27. The van der Waals surface area contributed by atoms with Gasteiger partial charge in [-0.2, -0.15) is 8.42 Å². The summed E-state index contributed by atoms with van der Waals surface area (Å²) in [4.78, 5) is 6.27. The van der Waals surface area contributed by atoms with Crippen molar-refractivity contribution < 1.29 is 8.42 Å². The Bertz CT molecular complexity index is 626. The highest BCUT2D eigenvalue weighted by Gasteiger charge is 2.15. The second-order valence-electron chi connectivity index (χ2n) is 4.01. The molecule has 1 aromatic carbocycles. The third-order valence-corrected chi connectivity index (χ3v) is 4.11. The molecular weight excluding hydrogens is 286 g/mol. The summed E-state index contributed by atoms with van der Waals surface area (Å²) in [5.41, 5.74) is 1.58. The maximum absolute atomic E-state index is 12.0. The molecule has 7 heteroatoms. The number of halogens is 1. The first-order valence-electron chi connectivity index (χ1n) is 5.78. The first-order valence-corrected chi connectivity index (χ1v) is 7.80. The Morgan fingerprint density at radius 2 is 2.21 bits per heavy atom. The van der Waals surface area contributed by atoms with Crippen molar-refractivity contribution in [2.75, 3.05) is 10.6 Å². The maximum atomic E-state index is 12.0. The number of aromatic amines is 1. The second-order valence-corrected chi connectivity index (χ2v) is 6.04. The van der Waals surface area contributed by atoms with Crippen LogP contribution in [0.4, 0.5) is 5.69 Å². The number of aryl methyl sites for hydroxylation is 1. The summed E-state index contributed by atoms with van der Waals surface area (Å²) in [6.45, 7) is 0. The lowest BCUT2D eigenvalue weighted by Gasteiger charge is -2.07. The number of anilines is 1. The van der Waals surface area contributed by atoms with Gasteiger partial charge in [-0.15, -0.1) is 11.6 Å². The van der Waals surface area contributed by atoms with E-state index >= 15 is 0 Å². The number of rotatable bonds is 6. The number of H-pyrrole nitrogens is 1. The molecule has 0 aliphatic carbocycles. The van der Waals surface area contributed by atoms with Crippen molar-refractivity contribution in [2.45, 2.75) is 17.9 Å². The molecule has 0 spiro atoms.